The lowest BCUT2D eigenvalue weighted by molar-refractivity contribution is -0.318. The predicted molar refractivity (Wildman–Crippen MR) is 285 cm³/mol. The molecule has 4 fully saturated rings. The van der Waals surface area contributed by atoms with Gasteiger partial charge in [-0.15, -0.1) is 0 Å². The number of carbonyl (C=O) groups is 3. The third-order valence-corrected chi connectivity index (χ3v) is 16.7. The first-order chi connectivity index (χ1) is 36.5. The molecule has 0 unspecified atom stereocenters. The number of hydrogen-bond acceptors (Lipinski definition) is 19. The molecule has 0 amide bonds. The Labute approximate surface area is 457 Å². The molecule has 0 radical (unpaired) electrons. The number of fused-ring (bicyclic) bond motifs is 1. The minimum Gasteiger partial charge on any atom is -0.477 e. The molecule has 3 saturated heterocycles. The maximum atomic E-state index is 15.2. The molecule has 2 aromatic rings. The van der Waals surface area contributed by atoms with Crippen molar-refractivity contribution in [1.29, 1.82) is 0 Å². The molecule has 0 bridgehead atoms. The molecule has 78 heavy (non-hydrogen) atoms. The number of nitrogens with one attached hydrogen (secondary N) is 1. The lowest BCUT2D eigenvalue weighted by Crippen LogP contribution is -2.61. The normalized spacial score (nSPS) is 37.8. The molecule has 442 valence electrons. The molecule has 1 aromatic carbocycles. The van der Waals surface area contributed by atoms with E-state index < -0.39 is 125 Å². The monoisotopic (exact) mass is 1110 g/mol. The van der Waals surface area contributed by atoms with Crippen molar-refractivity contribution in [2.75, 3.05) is 59.9 Å². The zero-order valence-corrected chi connectivity index (χ0v) is 48.1. The van der Waals surface area contributed by atoms with Crippen LogP contribution in [-0.4, -0.2) is 203 Å². The summed E-state index contributed by atoms with van der Waals surface area (Å²) in [7, 11) is 7.01. The summed E-state index contributed by atoms with van der Waals surface area (Å²) in [6.07, 6.45) is -6.69. The van der Waals surface area contributed by atoms with Crippen molar-refractivity contribution in [3.05, 3.63) is 39.9 Å². The van der Waals surface area contributed by atoms with Crippen molar-refractivity contribution in [2.45, 2.75) is 211 Å². The molecule has 18 atom stereocenters. The van der Waals surface area contributed by atoms with Gasteiger partial charge in [0.05, 0.1) is 66.8 Å². The van der Waals surface area contributed by atoms with Gasteiger partial charge in [0.1, 0.15) is 40.9 Å². The second-order valence-corrected chi connectivity index (χ2v) is 23.6. The van der Waals surface area contributed by atoms with Gasteiger partial charge in [0.25, 0.3) is 0 Å². The Hall–Kier alpha value is -3.91. The number of pyridine rings is 1. The first kappa shape index (κ1) is 63.3. The van der Waals surface area contributed by atoms with Gasteiger partial charge in [-0.3, -0.25) is 14.4 Å². The van der Waals surface area contributed by atoms with Gasteiger partial charge in [-0.2, -0.15) is 0 Å². The minimum atomic E-state index is -1.88. The Morgan fingerprint density at radius 1 is 0.962 bits per heavy atom. The van der Waals surface area contributed by atoms with Crippen molar-refractivity contribution >= 4 is 34.5 Å². The van der Waals surface area contributed by atoms with Gasteiger partial charge in [-0.05, 0) is 120 Å². The summed E-state index contributed by atoms with van der Waals surface area (Å²) in [6, 6.07) is 1.60. The van der Waals surface area contributed by atoms with Crippen LogP contribution >= 0.6 is 0 Å². The van der Waals surface area contributed by atoms with Crippen LogP contribution < -0.4 is 10.7 Å². The number of likely N-dealkylation sites (N-methyl/N-ethyl adjacent to an activating group) is 2. The standard InChI is InChI=1S/C56H89FN4O17/c1-15-42-56(10,70)48(65)33(6)60(13)27-29(2)25-54(8,69)49(78-53-46(64)41(59(11)12)22-30(3)73-53)31(4)47(32(5)52(68)75-42)77-44-26-55(9,71-14)50(34(7)74-44)76-43(62)18-20-72-21-19-58-39-24-40-36(23-38(39)57)45(63)37(51(66)67)28-61(40)35-16-17-35/h23-24,28-35,41-42,44,46-50,53,58,64-65,69-70H,15-22,25-27H2,1-14H3,(H,66,67)/t29-,30-,31+,32-,33-,34+,41+,42-,44+,46-,47+,48-,49-,50+,53+,54-,55-,56-/m1/s1. The molecule has 3 aliphatic heterocycles. The molecular formula is C56H89FN4O17. The van der Waals surface area contributed by atoms with Gasteiger partial charge >= 0.3 is 17.9 Å². The fourth-order valence-electron chi connectivity index (χ4n) is 12.0. The van der Waals surface area contributed by atoms with Crippen LogP contribution in [0.2, 0.25) is 0 Å². The van der Waals surface area contributed by atoms with Gasteiger partial charge in [0, 0.05) is 62.2 Å². The number of aliphatic hydroxyl groups is 4. The topological polar surface area (TPSA) is 267 Å². The number of anilines is 1. The molecule has 4 heterocycles. The van der Waals surface area contributed by atoms with E-state index in [9.17, 15) is 44.7 Å². The third kappa shape index (κ3) is 14.4. The quantitative estimate of drug-likeness (QED) is 0.0943. The molecule has 1 aliphatic carbocycles. The number of hydrogen-bond donors (Lipinski definition) is 6. The van der Waals surface area contributed by atoms with Crippen molar-refractivity contribution in [3.63, 3.8) is 0 Å². The maximum absolute atomic E-state index is 15.2. The van der Waals surface area contributed by atoms with E-state index in [0.29, 0.717) is 18.5 Å². The van der Waals surface area contributed by atoms with Crippen LogP contribution in [0.4, 0.5) is 10.1 Å². The van der Waals surface area contributed by atoms with Crippen LogP contribution in [0.1, 0.15) is 131 Å². The Bertz CT molecular complexity index is 2440. The van der Waals surface area contributed by atoms with Gasteiger partial charge in [-0.25, -0.2) is 9.18 Å². The number of carbonyl (C=O) groups excluding carboxylic acids is 2. The molecule has 22 heteroatoms. The highest BCUT2D eigenvalue weighted by atomic mass is 19.1. The van der Waals surface area contributed by atoms with Gasteiger partial charge in [-0.1, -0.05) is 20.8 Å². The Balaban J connectivity index is 1.18. The smallest absolute Gasteiger partial charge is 0.341 e. The number of carboxylic acids is 1. The lowest BCUT2D eigenvalue weighted by Gasteiger charge is -2.49. The molecule has 6 rings (SSSR count). The number of benzene rings is 1. The van der Waals surface area contributed by atoms with Crippen LogP contribution in [0.25, 0.3) is 10.9 Å². The highest BCUT2D eigenvalue weighted by Crippen LogP contribution is 2.42. The van der Waals surface area contributed by atoms with Gasteiger partial charge in [0.2, 0.25) is 5.43 Å². The molecular weight excluding hydrogens is 1020 g/mol. The Kier molecular flexibility index (Phi) is 21.0. The van der Waals surface area contributed by atoms with E-state index >= 15 is 4.39 Å². The SMILES string of the molecule is CC[C@H]1OC(=O)[C@H](C)[C@@H](O[C@H]2C[C@@](C)(OC)[C@@H](OC(=O)CCOCCNc3cc4c(cc3F)c(=O)c(C(=O)O)cn4C3CC3)[C@H](C)O2)[C@H](C)[C@@H](O[C@@H]2O[C@H](C)C[C@H](N(C)C)[C@H]2O)[C@](C)(O)C[C@@H](C)CN(C)[C@H](C)[C@@H](O)[C@]1(C)O. The highest BCUT2D eigenvalue weighted by molar-refractivity contribution is 5.93. The fraction of sp³-hybridized carbons (Fsp3) is 0.786. The second kappa shape index (κ2) is 25.9. The van der Waals surface area contributed by atoms with Crippen molar-refractivity contribution in [3.8, 4) is 0 Å². The van der Waals surface area contributed by atoms with Gasteiger partial charge < -0.3 is 83.1 Å². The summed E-state index contributed by atoms with van der Waals surface area (Å²) in [5, 5.41) is 60.6. The minimum absolute atomic E-state index is 0.00404. The van der Waals surface area contributed by atoms with E-state index in [1.165, 1.54) is 26.3 Å². The fourth-order valence-corrected chi connectivity index (χ4v) is 12.0. The number of aliphatic hydroxyl groups excluding tert-OH is 2. The Morgan fingerprint density at radius 3 is 2.26 bits per heavy atom. The number of halogens is 1. The summed E-state index contributed by atoms with van der Waals surface area (Å²) in [6.45, 7) is 17.9. The van der Waals surface area contributed by atoms with E-state index in [-0.39, 0.29) is 80.6 Å². The third-order valence-electron chi connectivity index (χ3n) is 16.7. The van der Waals surface area contributed by atoms with E-state index in [1.54, 1.807) is 53.0 Å². The number of carboxylic acid groups (broad SMARTS) is 1. The number of aromatic nitrogens is 1. The molecule has 1 saturated carbocycles. The number of ether oxygens (including phenoxy) is 8. The summed E-state index contributed by atoms with van der Waals surface area (Å²) < 4.78 is 67.3. The van der Waals surface area contributed by atoms with E-state index in [1.807, 2.05) is 44.8 Å². The number of aromatic carboxylic acids is 1. The van der Waals surface area contributed by atoms with E-state index in [0.717, 1.165) is 18.9 Å². The van der Waals surface area contributed by atoms with Crippen LogP contribution in [0, 0.1) is 23.6 Å². The van der Waals surface area contributed by atoms with E-state index in [4.69, 9.17) is 37.9 Å². The zero-order valence-electron chi connectivity index (χ0n) is 48.1. The molecule has 0 spiro atoms. The maximum Gasteiger partial charge on any atom is 0.341 e. The van der Waals surface area contributed by atoms with E-state index in [2.05, 4.69) is 5.32 Å². The highest BCUT2D eigenvalue weighted by Gasteiger charge is 2.54. The summed E-state index contributed by atoms with van der Waals surface area (Å²) in [5.41, 5.74) is -5.40. The average molecular weight is 1110 g/mol. The number of nitrogens with zero attached hydrogens (tertiary/aromatic N) is 3. The predicted octanol–water partition coefficient (Wildman–Crippen LogP) is 4.46. The average Bonchev–Trinajstić information content (AvgIpc) is 4.24. The molecule has 4 aliphatic rings. The summed E-state index contributed by atoms with van der Waals surface area (Å²) in [4.78, 5) is 56.4. The second-order valence-electron chi connectivity index (χ2n) is 23.6. The van der Waals surface area contributed by atoms with Crippen molar-refractivity contribution in [1.82, 2.24) is 14.4 Å². The molecule has 21 nitrogen and oxygen atoms in total. The number of rotatable bonds is 17. The number of methoxy groups -OCH3 is 1. The zero-order chi connectivity index (χ0) is 57.9. The van der Waals surface area contributed by atoms with Crippen LogP contribution in [0.15, 0.2) is 23.1 Å². The first-order valence-electron chi connectivity index (χ1n) is 27.6. The molecule has 1 aromatic heterocycles. The first-order valence-corrected chi connectivity index (χ1v) is 27.6. The summed E-state index contributed by atoms with van der Waals surface area (Å²) in [5.74, 6) is -5.68. The number of esters is 2. The molecule has 6 N–H and O–H groups in total. The lowest BCUT2D eigenvalue weighted by atomic mass is 9.77. The largest absolute Gasteiger partial charge is 0.477 e. The van der Waals surface area contributed by atoms with Crippen molar-refractivity contribution in [2.24, 2.45) is 17.8 Å². The van der Waals surface area contributed by atoms with Crippen LogP contribution in [0.3, 0.4) is 0 Å². The Morgan fingerprint density at radius 2 is 1.64 bits per heavy atom. The van der Waals surface area contributed by atoms with Gasteiger partial charge in [0.15, 0.2) is 18.7 Å². The number of cyclic esters (lactones) is 1. The van der Waals surface area contributed by atoms with Crippen LogP contribution in [-0.2, 0) is 47.5 Å². The summed E-state index contributed by atoms with van der Waals surface area (Å²) >= 11 is 0. The van der Waals surface area contributed by atoms with Crippen LogP contribution in [0.5, 0.6) is 0 Å². The van der Waals surface area contributed by atoms with Crippen molar-refractivity contribution < 1.29 is 82.2 Å².